The van der Waals surface area contributed by atoms with Gasteiger partial charge >= 0.3 is 0 Å². The van der Waals surface area contributed by atoms with Gasteiger partial charge in [-0.2, -0.15) is 0 Å². The fourth-order valence-corrected chi connectivity index (χ4v) is 2.41. The summed E-state index contributed by atoms with van der Waals surface area (Å²) >= 11 is 0. The molecule has 0 aromatic heterocycles. The molecule has 17 heavy (non-hydrogen) atoms. The topological polar surface area (TPSA) is 15.3 Å². The molecule has 1 heterocycles. The van der Waals surface area contributed by atoms with Gasteiger partial charge in [0.25, 0.3) is 0 Å². The Labute approximate surface area is 103 Å². The van der Waals surface area contributed by atoms with Gasteiger partial charge in [-0.15, -0.1) is 0 Å². The molecule has 0 aliphatic carbocycles. The van der Waals surface area contributed by atoms with Crippen LogP contribution < -0.4 is 5.32 Å². The van der Waals surface area contributed by atoms with Gasteiger partial charge in [0, 0.05) is 18.6 Å². The van der Waals surface area contributed by atoms with Crippen molar-refractivity contribution >= 4 is 0 Å². The van der Waals surface area contributed by atoms with Crippen LogP contribution in [-0.4, -0.2) is 31.1 Å². The minimum Gasteiger partial charge on any atom is -0.315 e. The zero-order valence-electron chi connectivity index (χ0n) is 10.8. The molecule has 2 unspecified atom stereocenters. The van der Waals surface area contributed by atoms with Crippen LogP contribution in [0.4, 0.5) is 4.39 Å². The molecule has 1 aliphatic heterocycles. The van der Waals surface area contributed by atoms with Crippen molar-refractivity contribution in [2.24, 2.45) is 0 Å². The number of hydrogen-bond donors (Lipinski definition) is 1. The molecule has 2 rings (SSSR count). The summed E-state index contributed by atoms with van der Waals surface area (Å²) in [5, 5.41) is 3.36. The number of benzene rings is 1. The number of rotatable bonds is 3. The molecular weight excluding hydrogens is 215 g/mol. The van der Waals surface area contributed by atoms with Crippen molar-refractivity contribution in [2.45, 2.75) is 32.4 Å². The molecule has 2 atom stereocenters. The van der Waals surface area contributed by atoms with Crippen molar-refractivity contribution in [1.82, 2.24) is 10.2 Å². The van der Waals surface area contributed by atoms with Gasteiger partial charge in [-0.1, -0.05) is 12.1 Å². The fraction of sp³-hybridized carbons (Fsp3) is 0.571. The summed E-state index contributed by atoms with van der Waals surface area (Å²) in [7, 11) is 2.13. The molecule has 1 aromatic rings. The summed E-state index contributed by atoms with van der Waals surface area (Å²) in [5.74, 6) is -0.104. The smallest absolute Gasteiger partial charge is 0.126 e. The number of nitrogens with one attached hydrogen (secondary N) is 1. The lowest BCUT2D eigenvalue weighted by atomic mass is 10.0. The zero-order chi connectivity index (χ0) is 12.4. The SMILES string of the molecule is Cc1ccc(C(C)N(C)C2CCNC2)cc1F. The van der Waals surface area contributed by atoms with Crippen molar-refractivity contribution in [3.8, 4) is 0 Å². The normalized spacial score (nSPS) is 22.1. The van der Waals surface area contributed by atoms with E-state index < -0.39 is 0 Å². The van der Waals surface area contributed by atoms with Crippen LogP contribution >= 0.6 is 0 Å². The third kappa shape index (κ3) is 2.67. The van der Waals surface area contributed by atoms with Crippen molar-refractivity contribution in [2.75, 3.05) is 20.1 Å². The van der Waals surface area contributed by atoms with E-state index >= 15 is 0 Å². The molecular formula is C14H21FN2. The minimum absolute atomic E-state index is 0.104. The highest BCUT2D eigenvalue weighted by molar-refractivity contribution is 5.25. The van der Waals surface area contributed by atoms with E-state index in [1.54, 1.807) is 13.0 Å². The summed E-state index contributed by atoms with van der Waals surface area (Å²) in [6, 6.07) is 6.38. The summed E-state index contributed by atoms with van der Waals surface area (Å²) in [6.45, 7) is 6.07. The van der Waals surface area contributed by atoms with Gasteiger partial charge in [0.1, 0.15) is 5.82 Å². The second-order valence-corrected chi connectivity index (χ2v) is 5.00. The maximum absolute atomic E-state index is 13.5. The van der Waals surface area contributed by atoms with Gasteiger partial charge in [0.15, 0.2) is 0 Å². The van der Waals surface area contributed by atoms with Gasteiger partial charge in [0.2, 0.25) is 0 Å². The Kier molecular flexibility index (Phi) is 3.79. The van der Waals surface area contributed by atoms with E-state index in [9.17, 15) is 4.39 Å². The van der Waals surface area contributed by atoms with E-state index in [4.69, 9.17) is 0 Å². The molecule has 1 fully saturated rings. The minimum atomic E-state index is -0.104. The Morgan fingerprint density at radius 3 is 2.82 bits per heavy atom. The quantitative estimate of drug-likeness (QED) is 0.867. The van der Waals surface area contributed by atoms with Crippen molar-refractivity contribution in [1.29, 1.82) is 0 Å². The van der Waals surface area contributed by atoms with E-state index in [-0.39, 0.29) is 11.9 Å². The third-order valence-corrected chi connectivity index (χ3v) is 3.90. The molecule has 0 bridgehead atoms. The summed E-state index contributed by atoms with van der Waals surface area (Å²) in [4.78, 5) is 2.34. The number of aryl methyl sites for hydroxylation is 1. The first-order valence-electron chi connectivity index (χ1n) is 6.28. The Hall–Kier alpha value is -0.930. The van der Waals surface area contributed by atoms with Crippen LogP contribution in [0.5, 0.6) is 0 Å². The summed E-state index contributed by atoms with van der Waals surface area (Å²) < 4.78 is 13.5. The Bertz CT molecular complexity index is 386. The molecule has 2 nitrogen and oxygen atoms in total. The average Bonchev–Trinajstić information content (AvgIpc) is 2.84. The van der Waals surface area contributed by atoms with Gasteiger partial charge < -0.3 is 5.32 Å². The van der Waals surface area contributed by atoms with Crippen LogP contribution in [0.15, 0.2) is 18.2 Å². The molecule has 1 aromatic carbocycles. The van der Waals surface area contributed by atoms with Crippen LogP contribution in [0.1, 0.15) is 30.5 Å². The lowest BCUT2D eigenvalue weighted by Crippen LogP contribution is -2.35. The van der Waals surface area contributed by atoms with Crippen LogP contribution in [0, 0.1) is 12.7 Å². The van der Waals surface area contributed by atoms with Crippen LogP contribution in [0.2, 0.25) is 0 Å². The molecule has 0 saturated carbocycles. The van der Waals surface area contributed by atoms with Crippen molar-refractivity contribution in [3.05, 3.63) is 35.1 Å². The first-order valence-corrected chi connectivity index (χ1v) is 6.28. The molecule has 1 aliphatic rings. The van der Waals surface area contributed by atoms with Gasteiger partial charge in [-0.05, 0) is 51.1 Å². The third-order valence-electron chi connectivity index (χ3n) is 3.90. The first kappa shape index (κ1) is 12.5. The molecule has 0 radical (unpaired) electrons. The predicted octanol–water partition coefficient (Wildman–Crippen LogP) is 2.49. The predicted molar refractivity (Wildman–Crippen MR) is 68.6 cm³/mol. The molecule has 1 saturated heterocycles. The Balaban J connectivity index is 2.12. The van der Waals surface area contributed by atoms with Crippen LogP contribution in [-0.2, 0) is 0 Å². The molecule has 1 N–H and O–H groups in total. The highest BCUT2D eigenvalue weighted by Crippen LogP contribution is 2.24. The van der Waals surface area contributed by atoms with E-state index in [0.717, 1.165) is 18.7 Å². The summed E-state index contributed by atoms with van der Waals surface area (Å²) in [5.41, 5.74) is 1.77. The lowest BCUT2D eigenvalue weighted by Gasteiger charge is -2.30. The van der Waals surface area contributed by atoms with Crippen LogP contribution in [0.25, 0.3) is 0 Å². The standard InChI is InChI=1S/C14H21FN2/c1-10-4-5-12(8-14(10)15)11(2)17(3)13-6-7-16-9-13/h4-5,8,11,13,16H,6-7,9H2,1-3H3. The summed E-state index contributed by atoms with van der Waals surface area (Å²) in [6.07, 6.45) is 1.18. The fourth-order valence-electron chi connectivity index (χ4n) is 2.41. The number of likely N-dealkylation sites (N-methyl/N-ethyl adjacent to an activating group) is 1. The average molecular weight is 236 g/mol. The molecule has 94 valence electrons. The van der Waals surface area contributed by atoms with E-state index in [0.29, 0.717) is 11.6 Å². The highest BCUT2D eigenvalue weighted by Gasteiger charge is 2.23. The second-order valence-electron chi connectivity index (χ2n) is 5.00. The molecule has 0 amide bonds. The van der Waals surface area contributed by atoms with Crippen molar-refractivity contribution < 1.29 is 4.39 Å². The number of nitrogens with zero attached hydrogens (tertiary/aromatic N) is 1. The molecule has 0 spiro atoms. The van der Waals surface area contributed by atoms with E-state index in [1.807, 2.05) is 12.1 Å². The number of hydrogen-bond acceptors (Lipinski definition) is 2. The highest BCUT2D eigenvalue weighted by atomic mass is 19.1. The van der Waals surface area contributed by atoms with Crippen LogP contribution in [0.3, 0.4) is 0 Å². The molecule has 3 heteroatoms. The largest absolute Gasteiger partial charge is 0.315 e. The Morgan fingerprint density at radius 2 is 2.24 bits per heavy atom. The lowest BCUT2D eigenvalue weighted by molar-refractivity contribution is 0.196. The van der Waals surface area contributed by atoms with E-state index in [2.05, 4.69) is 24.2 Å². The van der Waals surface area contributed by atoms with Gasteiger partial charge in [-0.3, -0.25) is 4.90 Å². The van der Waals surface area contributed by atoms with Gasteiger partial charge in [0.05, 0.1) is 0 Å². The maximum Gasteiger partial charge on any atom is 0.126 e. The monoisotopic (exact) mass is 236 g/mol. The van der Waals surface area contributed by atoms with E-state index in [1.165, 1.54) is 6.42 Å². The van der Waals surface area contributed by atoms with Crippen molar-refractivity contribution in [3.63, 3.8) is 0 Å². The first-order chi connectivity index (χ1) is 8.09. The van der Waals surface area contributed by atoms with Gasteiger partial charge in [-0.25, -0.2) is 4.39 Å². The zero-order valence-corrected chi connectivity index (χ0v) is 10.8. The Morgan fingerprint density at radius 1 is 1.47 bits per heavy atom. The maximum atomic E-state index is 13.5. The second kappa shape index (κ2) is 5.15. The number of halogens is 1.